The monoisotopic (exact) mass is 334 g/mol. The standard InChI is InChI=1S/C18H22O6/c1-8-12-15(20)18(22)7-5-4-6-10(18)17(8,3)14(19)11-13(24-12)9(2)23-16(11)21/h8,10,12,15,20,22H,2,4-7H2,1,3H3/t8-,10?,12+,15-,17-,18+/m1/s1. The van der Waals surface area contributed by atoms with Crippen molar-refractivity contribution in [3.05, 3.63) is 23.7 Å². The molecule has 2 saturated carbocycles. The lowest BCUT2D eigenvalue weighted by molar-refractivity contribution is -0.247. The van der Waals surface area contributed by atoms with Crippen LogP contribution in [0.4, 0.5) is 0 Å². The average Bonchev–Trinajstić information content (AvgIpc) is 2.78. The Labute approximate surface area is 140 Å². The topological polar surface area (TPSA) is 93.1 Å². The van der Waals surface area contributed by atoms with Gasteiger partial charge in [0, 0.05) is 17.3 Å². The van der Waals surface area contributed by atoms with Crippen molar-refractivity contribution in [2.45, 2.75) is 57.3 Å². The van der Waals surface area contributed by atoms with E-state index in [9.17, 15) is 19.8 Å². The highest BCUT2D eigenvalue weighted by Crippen LogP contribution is 2.59. The second-order valence-electron chi connectivity index (χ2n) is 7.73. The number of esters is 1. The SMILES string of the molecule is C=C1OC(=O)C2=C1O[C@H]1[C@@H](C)[C@@](C)(C2=O)C2CCCC[C@@]2(O)[C@@H]1O. The molecule has 0 saturated heterocycles. The van der Waals surface area contributed by atoms with E-state index in [0.717, 1.165) is 12.8 Å². The van der Waals surface area contributed by atoms with Gasteiger partial charge in [-0.25, -0.2) is 4.79 Å². The van der Waals surface area contributed by atoms with Gasteiger partial charge in [-0.1, -0.05) is 33.3 Å². The fraction of sp³-hybridized carbons (Fsp3) is 0.667. The molecule has 2 aliphatic heterocycles. The van der Waals surface area contributed by atoms with Gasteiger partial charge in [0.15, 0.2) is 17.3 Å². The van der Waals surface area contributed by atoms with Gasteiger partial charge in [-0.05, 0) is 12.8 Å². The maximum atomic E-state index is 13.4. The Morgan fingerprint density at radius 2 is 2.00 bits per heavy atom. The predicted molar refractivity (Wildman–Crippen MR) is 82.3 cm³/mol. The summed E-state index contributed by atoms with van der Waals surface area (Å²) in [6.45, 7) is 7.27. The van der Waals surface area contributed by atoms with E-state index in [0.29, 0.717) is 12.8 Å². The maximum absolute atomic E-state index is 13.4. The van der Waals surface area contributed by atoms with E-state index in [2.05, 4.69) is 6.58 Å². The molecule has 0 radical (unpaired) electrons. The van der Waals surface area contributed by atoms with E-state index >= 15 is 0 Å². The van der Waals surface area contributed by atoms with Crippen LogP contribution in [0.2, 0.25) is 0 Å². The van der Waals surface area contributed by atoms with Crippen molar-refractivity contribution in [2.24, 2.45) is 17.3 Å². The average molecular weight is 334 g/mol. The molecule has 0 spiro atoms. The summed E-state index contributed by atoms with van der Waals surface area (Å²) in [4.78, 5) is 25.5. The molecule has 0 aromatic heterocycles. The lowest BCUT2D eigenvalue weighted by atomic mass is 9.48. The number of rotatable bonds is 0. The van der Waals surface area contributed by atoms with Crippen LogP contribution in [0, 0.1) is 17.3 Å². The predicted octanol–water partition coefficient (Wildman–Crippen LogP) is 1.22. The van der Waals surface area contributed by atoms with E-state index in [-0.39, 0.29) is 28.8 Å². The first-order valence-electron chi connectivity index (χ1n) is 8.50. The van der Waals surface area contributed by atoms with Crippen molar-refractivity contribution in [2.75, 3.05) is 0 Å². The summed E-state index contributed by atoms with van der Waals surface area (Å²) in [7, 11) is 0. The van der Waals surface area contributed by atoms with Crippen molar-refractivity contribution in [3.8, 4) is 0 Å². The Balaban J connectivity index is 1.94. The summed E-state index contributed by atoms with van der Waals surface area (Å²) in [6.07, 6.45) is 0.794. The molecule has 2 heterocycles. The van der Waals surface area contributed by atoms with Crippen LogP contribution in [0.5, 0.6) is 0 Å². The normalized spacial score (nSPS) is 47.6. The number of hydrogen-bond acceptors (Lipinski definition) is 6. The Morgan fingerprint density at radius 1 is 1.29 bits per heavy atom. The quantitative estimate of drug-likeness (QED) is 0.511. The number of ether oxygens (including phenoxy) is 2. The molecular formula is C18H22O6. The summed E-state index contributed by atoms with van der Waals surface area (Å²) in [5.41, 5.74) is -2.51. The van der Waals surface area contributed by atoms with Gasteiger partial charge in [0.2, 0.25) is 0 Å². The number of aliphatic hydroxyl groups is 2. The van der Waals surface area contributed by atoms with Gasteiger partial charge in [0.1, 0.15) is 17.8 Å². The number of carbonyl (C=O) groups excluding carboxylic acids is 2. The largest absolute Gasteiger partial charge is 0.482 e. The van der Waals surface area contributed by atoms with Crippen LogP contribution in [-0.4, -0.2) is 39.8 Å². The number of ketones is 1. The summed E-state index contributed by atoms with van der Waals surface area (Å²) in [5, 5.41) is 22.1. The number of hydrogen-bond donors (Lipinski definition) is 2. The Hall–Kier alpha value is -1.66. The molecule has 1 unspecified atom stereocenters. The third-order valence-electron chi connectivity index (χ3n) is 6.78. The minimum atomic E-state index is -1.38. The smallest absolute Gasteiger partial charge is 0.351 e. The number of aliphatic hydroxyl groups excluding tert-OH is 1. The lowest BCUT2D eigenvalue weighted by Crippen LogP contribution is -2.69. The van der Waals surface area contributed by atoms with Crippen LogP contribution in [0.3, 0.4) is 0 Å². The van der Waals surface area contributed by atoms with Crippen LogP contribution < -0.4 is 0 Å². The molecule has 24 heavy (non-hydrogen) atoms. The summed E-state index contributed by atoms with van der Waals surface area (Å²) >= 11 is 0. The molecule has 4 aliphatic rings. The first-order valence-corrected chi connectivity index (χ1v) is 8.50. The second kappa shape index (κ2) is 4.70. The van der Waals surface area contributed by atoms with Crippen LogP contribution in [-0.2, 0) is 19.1 Å². The Bertz CT molecular complexity index is 694. The minimum Gasteiger partial charge on any atom is -0.482 e. The third-order valence-corrected chi connectivity index (χ3v) is 6.78. The summed E-state index contributed by atoms with van der Waals surface area (Å²) in [6, 6.07) is 0. The Morgan fingerprint density at radius 3 is 2.71 bits per heavy atom. The fourth-order valence-corrected chi connectivity index (χ4v) is 5.27. The fourth-order valence-electron chi connectivity index (χ4n) is 5.27. The van der Waals surface area contributed by atoms with E-state index in [1.165, 1.54) is 0 Å². The number of cyclic esters (lactones) is 1. The highest BCUT2D eigenvalue weighted by atomic mass is 16.6. The molecule has 2 fully saturated rings. The van der Waals surface area contributed by atoms with Gasteiger partial charge in [0.05, 0.1) is 5.60 Å². The van der Waals surface area contributed by atoms with Gasteiger partial charge in [-0.15, -0.1) is 0 Å². The summed E-state index contributed by atoms with van der Waals surface area (Å²) < 4.78 is 10.8. The molecule has 0 amide bonds. The number of Topliss-reactive ketones (excluding diaryl/α,β-unsaturated/α-hetero) is 1. The lowest BCUT2D eigenvalue weighted by Gasteiger charge is -2.58. The molecule has 2 N–H and O–H groups in total. The van der Waals surface area contributed by atoms with Gasteiger partial charge >= 0.3 is 5.97 Å². The second-order valence-corrected chi connectivity index (χ2v) is 7.73. The highest BCUT2D eigenvalue weighted by molar-refractivity contribution is 6.22. The molecule has 4 rings (SSSR count). The van der Waals surface area contributed by atoms with Gasteiger partial charge in [0.25, 0.3) is 0 Å². The van der Waals surface area contributed by atoms with E-state index in [4.69, 9.17) is 9.47 Å². The Kier molecular flexibility index (Phi) is 3.10. The molecular weight excluding hydrogens is 312 g/mol. The van der Waals surface area contributed by atoms with Crippen LogP contribution >= 0.6 is 0 Å². The molecule has 2 bridgehead atoms. The number of fused-ring (bicyclic) bond motifs is 4. The zero-order valence-corrected chi connectivity index (χ0v) is 13.9. The molecule has 2 aliphatic carbocycles. The zero-order valence-electron chi connectivity index (χ0n) is 13.9. The van der Waals surface area contributed by atoms with Crippen molar-refractivity contribution in [3.63, 3.8) is 0 Å². The number of carbonyl (C=O) groups is 2. The first kappa shape index (κ1) is 15.8. The minimum absolute atomic E-state index is 0.00568. The molecule has 6 heteroatoms. The van der Waals surface area contributed by atoms with E-state index in [1.807, 2.05) is 6.92 Å². The molecule has 0 aromatic carbocycles. The first-order chi connectivity index (χ1) is 11.2. The van der Waals surface area contributed by atoms with Crippen LogP contribution in [0.15, 0.2) is 23.7 Å². The summed E-state index contributed by atoms with van der Waals surface area (Å²) in [5.74, 6) is -1.89. The van der Waals surface area contributed by atoms with Crippen molar-refractivity contribution >= 4 is 11.8 Å². The van der Waals surface area contributed by atoms with E-state index < -0.39 is 35.1 Å². The molecule has 6 nitrogen and oxygen atoms in total. The van der Waals surface area contributed by atoms with Crippen LogP contribution in [0.1, 0.15) is 39.5 Å². The van der Waals surface area contributed by atoms with Gasteiger partial charge < -0.3 is 19.7 Å². The van der Waals surface area contributed by atoms with Crippen molar-refractivity contribution in [1.82, 2.24) is 0 Å². The van der Waals surface area contributed by atoms with Gasteiger partial charge in [-0.3, -0.25) is 4.79 Å². The third kappa shape index (κ3) is 1.63. The molecule has 130 valence electrons. The zero-order chi connectivity index (χ0) is 17.4. The molecule has 0 aromatic rings. The van der Waals surface area contributed by atoms with Crippen molar-refractivity contribution in [1.29, 1.82) is 0 Å². The maximum Gasteiger partial charge on any atom is 0.351 e. The van der Waals surface area contributed by atoms with Crippen molar-refractivity contribution < 1.29 is 29.3 Å². The van der Waals surface area contributed by atoms with Gasteiger partial charge in [-0.2, -0.15) is 0 Å². The highest BCUT2D eigenvalue weighted by Gasteiger charge is 2.68. The van der Waals surface area contributed by atoms with Crippen LogP contribution in [0.25, 0.3) is 0 Å². The van der Waals surface area contributed by atoms with E-state index in [1.54, 1.807) is 6.92 Å². The molecule has 6 atom stereocenters.